The quantitative estimate of drug-likeness (QED) is 0.663. The normalized spacial score (nSPS) is 28.8. The number of hydrogen-bond donors (Lipinski definition) is 3. The van der Waals surface area contributed by atoms with Crippen LogP contribution in [0.15, 0.2) is 36.0 Å². The lowest BCUT2D eigenvalue weighted by atomic mass is 9.94. The van der Waals surface area contributed by atoms with Crippen molar-refractivity contribution in [1.29, 1.82) is 0 Å². The Labute approximate surface area is 111 Å². The molecule has 1 aromatic rings. The van der Waals surface area contributed by atoms with Gasteiger partial charge in [-0.1, -0.05) is 24.3 Å². The number of nitrogens with one attached hydrogen (secondary N) is 3. The van der Waals surface area contributed by atoms with E-state index in [2.05, 4.69) is 28.3 Å². The van der Waals surface area contributed by atoms with Crippen molar-refractivity contribution in [3.63, 3.8) is 0 Å². The van der Waals surface area contributed by atoms with Crippen molar-refractivity contribution in [2.24, 2.45) is 5.92 Å². The zero-order valence-electron chi connectivity index (χ0n) is 10.4. The van der Waals surface area contributed by atoms with Crippen LogP contribution in [-0.4, -0.2) is 11.9 Å². The third-order valence-electron chi connectivity index (χ3n) is 3.98. The number of amides is 1. The highest BCUT2D eigenvalue weighted by molar-refractivity contribution is 6.05. The molecule has 2 aliphatic heterocycles. The van der Waals surface area contributed by atoms with Crippen molar-refractivity contribution >= 4 is 17.7 Å². The van der Waals surface area contributed by atoms with Gasteiger partial charge in [0.1, 0.15) is 0 Å². The van der Waals surface area contributed by atoms with Crippen LogP contribution in [0, 0.1) is 5.92 Å². The highest BCUT2D eigenvalue weighted by Crippen LogP contribution is 2.39. The highest BCUT2D eigenvalue weighted by atomic mass is 16.2. The molecule has 4 heteroatoms. The van der Waals surface area contributed by atoms with E-state index in [1.54, 1.807) is 0 Å². The molecule has 3 N–H and O–H groups in total. The lowest BCUT2D eigenvalue weighted by molar-refractivity contribution is -0.116. The Morgan fingerprint density at radius 1 is 1.16 bits per heavy atom. The van der Waals surface area contributed by atoms with Gasteiger partial charge in [0.2, 0.25) is 0 Å². The van der Waals surface area contributed by atoms with Crippen LogP contribution in [0.25, 0.3) is 11.8 Å². The van der Waals surface area contributed by atoms with Crippen LogP contribution in [-0.2, 0) is 4.79 Å². The molecular weight excluding hydrogens is 238 g/mol. The van der Waals surface area contributed by atoms with E-state index >= 15 is 0 Å². The zero-order valence-corrected chi connectivity index (χ0v) is 10.4. The molecule has 4 rings (SSSR count). The molecule has 1 unspecified atom stereocenters. The first kappa shape index (κ1) is 10.8. The molecular formula is C15H15N3O. The van der Waals surface area contributed by atoms with Crippen LogP contribution in [0.5, 0.6) is 0 Å². The van der Waals surface area contributed by atoms with Gasteiger partial charge >= 0.3 is 0 Å². The number of carbonyl (C=O) groups excluding carboxylic acids is 1. The fourth-order valence-electron chi connectivity index (χ4n) is 2.86. The van der Waals surface area contributed by atoms with Crippen LogP contribution < -0.4 is 16.2 Å². The summed E-state index contributed by atoms with van der Waals surface area (Å²) in [6.45, 7) is 0. The molecule has 1 atom stereocenters. The molecule has 0 bridgehead atoms. The summed E-state index contributed by atoms with van der Waals surface area (Å²) in [4.78, 5) is 12.1. The lowest BCUT2D eigenvalue weighted by Crippen LogP contribution is -2.32. The second-order valence-electron chi connectivity index (χ2n) is 5.27. The van der Waals surface area contributed by atoms with Gasteiger partial charge in [0.15, 0.2) is 0 Å². The van der Waals surface area contributed by atoms with Gasteiger partial charge in [-0.3, -0.25) is 10.2 Å². The first-order valence-corrected chi connectivity index (χ1v) is 6.67. The van der Waals surface area contributed by atoms with Gasteiger partial charge in [-0.05, 0) is 30.4 Å². The van der Waals surface area contributed by atoms with Gasteiger partial charge in [0.05, 0.1) is 17.3 Å². The third-order valence-corrected chi connectivity index (χ3v) is 3.98. The maximum absolute atomic E-state index is 12.1. The van der Waals surface area contributed by atoms with Crippen molar-refractivity contribution in [2.75, 3.05) is 0 Å². The highest BCUT2D eigenvalue weighted by Gasteiger charge is 2.42. The number of fused-ring (bicyclic) bond motifs is 1. The summed E-state index contributed by atoms with van der Waals surface area (Å²) in [6, 6.07) is 8.28. The molecule has 0 radical (unpaired) electrons. The van der Waals surface area contributed by atoms with Crippen molar-refractivity contribution < 1.29 is 4.79 Å². The Kier molecular flexibility index (Phi) is 2.26. The molecule has 1 saturated carbocycles. The molecule has 2 heterocycles. The van der Waals surface area contributed by atoms with Crippen LogP contribution in [0.1, 0.15) is 24.0 Å². The molecule has 96 valence electrons. The lowest BCUT2D eigenvalue weighted by Gasteiger charge is -2.20. The van der Waals surface area contributed by atoms with E-state index in [9.17, 15) is 4.79 Å². The van der Waals surface area contributed by atoms with Gasteiger partial charge < -0.3 is 5.32 Å². The van der Waals surface area contributed by atoms with E-state index < -0.39 is 0 Å². The van der Waals surface area contributed by atoms with Crippen molar-refractivity contribution in [1.82, 2.24) is 16.2 Å². The topological polar surface area (TPSA) is 53.2 Å². The molecule has 1 saturated heterocycles. The first-order chi connectivity index (χ1) is 9.34. The fraction of sp³-hybridized carbons (Fsp3) is 0.267. The van der Waals surface area contributed by atoms with E-state index in [0.29, 0.717) is 5.92 Å². The van der Waals surface area contributed by atoms with E-state index in [-0.39, 0.29) is 11.9 Å². The van der Waals surface area contributed by atoms with Crippen LogP contribution in [0.4, 0.5) is 0 Å². The summed E-state index contributed by atoms with van der Waals surface area (Å²) in [5.41, 5.74) is 9.92. The number of carbonyl (C=O) groups is 1. The van der Waals surface area contributed by atoms with E-state index in [0.717, 1.165) is 22.4 Å². The Hall–Kier alpha value is -2.07. The number of hydrazine groups is 1. The van der Waals surface area contributed by atoms with E-state index in [4.69, 9.17) is 0 Å². The SMILES string of the molecule is O=C1NNC(C2CC2)/C1=C1/NC=Cc2ccccc21. The second kappa shape index (κ2) is 3.96. The first-order valence-electron chi connectivity index (χ1n) is 6.67. The minimum atomic E-state index is -0.00972. The van der Waals surface area contributed by atoms with Crippen LogP contribution in [0.3, 0.4) is 0 Å². The van der Waals surface area contributed by atoms with Crippen molar-refractivity contribution in [3.05, 3.63) is 47.2 Å². The van der Waals surface area contributed by atoms with E-state index in [1.165, 1.54) is 12.8 Å². The average molecular weight is 253 g/mol. The predicted octanol–water partition coefficient (Wildman–Crippen LogP) is 1.38. The molecule has 1 amide bonds. The largest absolute Gasteiger partial charge is 0.361 e. The summed E-state index contributed by atoms with van der Waals surface area (Å²) in [6.07, 6.45) is 6.33. The number of hydrogen-bond acceptors (Lipinski definition) is 3. The molecule has 1 aromatic carbocycles. The predicted molar refractivity (Wildman–Crippen MR) is 73.3 cm³/mol. The molecule has 19 heavy (non-hydrogen) atoms. The Balaban J connectivity index is 1.87. The van der Waals surface area contributed by atoms with Gasteiger partial charge in [-0.15, -0.1) is 0 Å². The van der Waals surface area contributed by atoms with Crippen LogP contribution >= 0.6 is 0 Å². The molecule has 0 spiro atoms. The fourth-order valence-corrected chi connectivity index (χ4v) is 2.86. The van der Waals surface area contributed by atoms with Crippen molar-refractivity contribution in [3.8, 4) is 0 Å². The Morgan fingerprint density at radius 2 is 2.00 bits per heavy atom. The third kappa shape index (κ3) is 1.68. The maximum atomic E-state index is 12.1. The second-order valence-corrected chi connectivity index (χ2v) is 5.27. The minimum Gasteiger partial charge on any atom is -0.361 e. The smallest absolute Gasteiger partial charge is 0.265 e. The van der Waals surface area contributed by atoms with Gasteiger partial charge in [0, 0.05) is 11.8 Å². The summed E-state index contributed by atoms with van der Waals surface area (Å²) in [5, 5.41) is 3.26. The standard InChI is InChI=1S/C15H15N3O/c19-15-12(13(17-18-15)10-5-6-10)14-11-4-2-1-3-9(11)7-8-16-14/h1-4,7-8,10,13,16-17H,5-6H2,(H,18,19)/b14-12-. The molecule has 1 aliphatic carbocycles. The van der Waals surface area contributed by atoms with Gasteiger partial charge in [-0.2, -0.15) is 0 Å². The van der Waals surface area contributed by atoms with Gasteiger partial charge in [-0.25, -0.2) is 5.43 Å². The zero-order chi connectivity index (χ0) is 12.8. The summed E-state index contributed by atoms with van der Waals surface area (Å²) >= 11 is 0. The van der Waals surface area contributed by atoms with E-state index in [1.807, 2.05) is 24.4 Å². The maximum Gasteiger partial charge on any atom is 0.265 e. The molecule has 2 fully saturated rings. The summed E-state index contributed by atoms with van der Waals surface area (Å²) in [5.74, 6) is 0.575. The molecule has 3 aliphatic rings. The Bertz CT molecular complexity index is 614. The molecule has 0 aromatic heterocycles. The van der Waals surface area contributed by atoms with Gasteiger partial charge in [0.25, 0.3) is 5.91 Å². The minimum absolute atomic E-state index is 0.00972. The summed E-state index contributed by atoms with van der Waals surface area (Å²) < 4.78 is 0. The summed E-state index contributed by atoms with van der Waals surface area (Å²) in [7, 11) is 0. The van der Waals surface area contributed by atoms with Crippen molar-refractivity contribution in [2.45, 2.75) is 18.9 Å². The monoisotopic (exact) mass is 253 g/mol. The number of rotatable bonds is 1. The Morgan fingerprint density at radius 3 is 2.84 bits per heavy atom. The van der Waals surface area contributed by atoms with Crippen LogP contribution in [0.2, 0.25) is 0 Å². The average Bonchev–Trinajstić information content (AvgIpc) is 3.22. The number of benzene rings is 1. The molecule has 4 nitrogen and oxygen atoms in total.